The molecule has 2 rings (SSSR count). The topological polar surface area (TPSA) is 73.2 Å². The molecule has 0 saturated carbocycles. The Bertz CT molecular complexity index is 756. The van der Waals surface area contributed by atoms with E-state index in [1.807, 2.05) is 6.26 Å². The molecule has 1 amide bonds. The molecule has 0 unspecified atom stereocenters. The molecule has 0 spiro atoms. The second-order valence-electron chi connectivity index (χ2n) is 5.51. The van der Waals surface area contributed by atoms with E-state index in [1.165, 1.54) is 37.2 Å². The Morgan fingerprint density at radius 3 is 2.46 bits per heavy atom. The van der Waals surface area contributed by atoms with Crippen molar-refractivity contribution in [1.82, 2.24) is 14.9 Å². The fourth-order valence-electron chi connectivity index (χ4n) is 2.13. The van der Waals surface area contributed by atoms with Crippen LogP contribution >= 0.6 is 11.8 Å². The summed E-state index contributed by atoms with van der Waals surface area (Å²) in [5.74, 6) is -1.42. The first-order chi connectivity index (χ1) is 11.3. The number of ether oxygens (including phenoxy) is 1. The summed E-state index contributed by atoms with van der Waals surface area (Å²) < 4.78 is 19.4. The Morgan fingerprint density at radius 1 is 1.29 bits per heavy atom. The van der Waals surface area contributed by atoms with Crippen LogP contribution in [0.25, 0.3) is 5.69 Å². The van der Waals surface area contributed by atoms with Crippen LogP contribution in [0.2, 0.25) is 0 Å². The lowest BCUT2D eigenvalue weighted by molar-refractivity contribution is -0.146. The first-order valence-corrected chi connectivity index (χ1v) is 8.31. The molecule has 8 heteroatoms. The van der Waals surface area contributed by atoms with Gasteiger partial charge in [-0.1, -0.05) is 11.8 Å². The maximum atomic E-state index is 13.2. The number of rotatable bonds is 5. The highest BCUT2D eigenvalue weighted by atomic mass is 32.2. The number of esters is 1. The highest BCUT2D eigenvalue weighted by Gasteiger charge is 2.32. The lowest BCUT2D eigenvalue weighted by atomic mass is 10.1. The van der Waals surface area contributed by atoms with E-state index in [4.69, 9.17) is 0 Å². The smallest absolute Gasteiger partial charge is 0.330 e. The van der Waals surface area contributed by atoms with Crippen molar-refractivity contribution in [3.8, 4) is 5.69 Å². The molecule has 0 fully saturated rings. The number of nitrogens with one attached hydrogen (secondary N) is 1. The molecule has 1 heterocycles. The molecule has 0 saturated heterocycles. The predicted molar refractivity (Wildman–Crippen MR) is 88.9 cm³/mol. The van der Waals surface area contributed by atoms with Crippen molar-refractivity contribution in [2.24, 2.45) is 0 Å². The number of imidazole rings is 1. The molecule has 0 radical (unpaired) electrons. The number of halogens is 1. The molecular weight excluding hydrogens is 333 g/mol. The number of benzene rings is 1. The van der Waals surface area contributed by atoms with Crippen molar-refractivity contribution >= 4 is 23.6 Å². The van der Waals surface area contributed by atoms with Gasteiger partial charge in [-0.2, -0.15) is 0 Å². The van der Waals surface area contributed by atoms with E-state index in [0.717, 1.165) is 0 Å². The van der Waals surface area contributed by atoms with Crippen molar-refractivity contribution in [2.45, 2.75) is 24.5 Å². The molecule has 1 aromatic heterocycles. The maximum Gasteiger partial charge on any atom is 0.330 e. The normalized spacial score (nSPS) is 11.2. The average molecular weight is 351 g/mol. The van der Waals surface area contributed by atoms with Gasteiger partial charge in [-0.25, -0.2) is 14.2 Å². The Morgan fingerprint density at radius 2 is 1.92 bits per heavy atom. The number of hydrogen-bond donors (Lipinski definition) is 1. The van der Waals surface area contributed by atoms with Gasteiger partial charge in [0.05, 0.1) is 13.3 Å². The predicted octanol–water partition coefficient (Wildman–Crippen LogP) is 2.41. The Labute approximate surface area is 143 Å². The Hall–Kier alpha value is -2.35. The summed E-state index contributed by atoms with van der Waals surface area (Å²) >= 11 is 1.35. The van der Waals surface area contributed by atoms with Crippen molar-refractivity contribution in [1.29, 1.82) is 0 Å². The van der Waals surface area contributed by atoms with Gasteiger partial charge in [0.15, 0.2) is 5.16 Å². The van der Waals surface area contributed by atoms with Crippen molar-refractivity contribution in [3.05, 3.63) is 42.0 Å². The molecule has 0 bridgehead atoms. The molecule has 2 aromatic rings. The SMILES string of the molecule is COC(=O)C(C)(C)NC(=O)c1cnc(SC)n1-c1ccc(F)cc1. The number of thioether (sulfide) groups is 1. The number of methoxy groups -OCH3 is 1. The average Bonchev–Trinajstić information content (AvgIpc) is 2.98. The van der Waals surface area contributed by atoms with Crippen LogP contribution in [-0.4, -0.2) is 40.3 Å². The van der Waals surface area contributed by atoms with Gasteiger partial charge in [0.2, 0.25) is 0 Å². The first kappa shape index (κ1) is 18.0. The summed E-state index contributed by atoms with van der Waals surface area (Å²) in [6.07, 6.45) is 3.24. The second kappa shape index (κ2) is 7.04. The van der Waals surface area contributed by atoms with Crippen LogP contribution < -0.4 is 5.32 Å². The third kappa shape index (κ3) is 3.59. The summed E-state index contributed by atoms with van der Waals surface area (Å²) in [5, 5.41) is 3.20. The lowest BCUT2D eigenvalue weighted by Crippen LogP contribution is -2.50. The number of hydrogen-bond acceptors (Lipinski definition) is 5. The third-order valence-corrected chi connectivity index (χ3v) is 4.00. The summed E-state index contributed by atoms with van der Waals surface area (Å²) in [6.45, 7) is 3.09. The lowest BCUT2D eigenvalue weighted by Gasteiger charge is -2.23. The highest BCUT2D eigenvalue weighted by molar-refractivity contribution is 7.98. The summed E-state index contributed by atoms with van der Waals surface area (Å²) in [4.78, 5) is 28.6. The summed E-state index contributed by atoms with van der Waals surface area (Å²) in [7, 11) is 1.25. The Balaban J connectivity index is 2.41. The highest BCUT2D eigenvalue weighted by Crippen LogP contribution is 2.22. The van der Waals surface area contributed by atoms with E-state index in [1.54, 1.807) is 30.5 Å². The second-order valence-corrected chi connectivity index (χ2v) is 6.29. The Kier molecular flexibility index (Phi) is 5.28. The number of nitrogens with zero attached hydrogens (tertiary/aromatic N) is 2. The van der Waals surface area contributed by atoms with Gasteiger partial charge in [-0.3, -0.25) is 9.36 Å². The van der Waals surface area contributed by atoms with Crippen LogP contribution in [0.3, 0.4) is 0 Å². The van der Waals surface area contributed by atoms with Gasteiger partial charge >= 0.3 is 5.97 Å². The van der Waals surface area contributed by atoms with E-state index >= 15 is 0 Å². The molecule has 0 aliphatic heterocycles. The van der Waals surface area contributed by atoms with E-state index in [-0.39, 0.29) is 11.5 Å². The van der Waals surface area contributed by atoms with Crippen LogP contribution in [0.15, 0.2) is 35.6 Å². The molecule has 1 aromatic carbocycles. The minimum absolute atomic E-state index is 0.239. The van der Waals surface area contributed by atoms with E-state index in [0.29, 0.717) is 10.8 Å². The minimum Gasteiger partial charge on any atom is -0.467 e. The van der Waals surface area contributed by atoms with Gasteiger partial charge < -0.3 is 10.1 Å². The third-order valence-electron chi connectivity index (χ3n) is 3.35. The van der Waals surface area contributed by atoms with Gasteiger partial charge in [-0.15, -0.1) is 0 Å². The largest absolute Gasteiger partial charge is 0.467 e. The fraction of sp³-hybridized carbons (Fsp3) is 0.312. The van der Waals surface area contributed by atoms with Gasteiger partial charge in [0.1, 0.15) is 17.1 Å². The van der Waals surface area contributed by atoms with E-state index in [9.17, 15) is 14.0 Å². The monoisotopic (exact) mass is 351 g/mol. The van der Waals surface area contributed by atoms with Crippen molar-refractivity contribution in [3.63, 3.8) is 0 Å². The zero-order valence-corrected chi connectivity index (χ0v) is 14.6. The number of amides is 1. The zero-order chi connectivity index (χ0) is 17.9. The van der Waals surface area contributed by atoms with Crippen LogP contribution in [0.5, 0.6) is 0 Å². The molecule has 24 heavy (non-hydrogen) atoms. The van der Waals surface area contributed by atoms with Crippen molar-refractivity contribution < 1.29 is 18.7 Å². The number of carbonyl (C=O) groups excluding carboxylic acids is 2. The van der Waals surface area contributed by atoms with E-state index < -0.39 is 17.4 Å². The standard InChI is InChI=1S/C16H18FN3O3S/c1-16(2,14(22)23-3)19-13(21)12-9-18-15(24-4)20(12)11-7-5-10(17)6-8-11/h5-9H,1-4H3,(H,19,21). The molecule has 1 N–H and O–H groups in total. The first-order valence-electron chi connectivity index (χ1n) is 7.08. The minimum atomic E-state index is -1.19. The van der Waals surface area contributed by atoms with Gasteiger partial charge in [-0.05, 0) is 44.4 Å². The van der Waals surface area contributed by atoms with Gasteiger partial charge in [0, 0.05) is 5.69 Å². The summed E-state index contributed by atoms with van der Waals surface area (Å²) in [6, 6.07) is 5.72. The van der Waals surface area contributed by atoms with E-state index in [2.05, 4.69) is 15.0 Å². The van der Waals surface area contributed by atoms with Crippen LogP contribution in [0.1, 0.15) is 24.3 Å². The van der Waals surface area contributed by atoms with Crippen LogP contribution in [-0.2, 0) is 9.53 Å². The number of carbonyl (C=O) groups is 2. The van der Waals surface area contributed by atoms with Crippen LogP contribution in [0, 0.1) is 5.82 Å². The van der Waals surface area contributed by atoms with Crippen LogP contribution in [0.4, 0.5) is 4.39 Å². The quantitative estimate of drug-likeness (QED) is 0.661. The zero-order valence-electron chi connectivity index (χ0n) is 13.8. The fourth-order valence-corrected chi connectivity index (χ4v) is 2.68. The maximum absolute atomic E-state index is 13.2. The van der Waals surface area contributed by atoms with Crippen molar-refractivity contribution in [2.75, 3.05) is 13.4 Å². The number of aromatic nitrogens is 2. The van der Waals surface area contributed by atoms with Gasteiger partial charge in [0.25, 0.3) is 5.91 Å². The molecule has 128 valence electrons. The molecule has 0 aliphatic rings. The molecule has 0 atom stereocenters. The molecule has 0 aliphatic carbocycles. The molecule has 6 nitrogen and oxygen atoms in total. The molecular formula is C16H18FN3O3S. The summed E-state index contributed by atoms with van der Waals surface area (Å²) in [5.41, 5.74) is -0.356.